The van der Waals surface area contributed by atoms with E-state index in [1.807, 2.05) is 13.8 Å². The Morgan fingerprint density at radius 2 is 2.35 bits per heavy atom. The molecule has 17 heavy (non-hydrogen) atoms. The Kier molecular flexibility index (Phi) is 2.91. The van der Waals surface area contributed by atoms with Gasteiger partial charge in [0.15, 0.2) is 5.65 Å². The number of fused-ring (bicyclic) bond motifs is 1. The lowest BCUT2D eigenvalue weighted by molar-refractivity contribution is 0.0944. The average molecular weight is 230 g/mol. The first kappa shape index (κ1) is 11.3. The Bertz CT molecular complexity index is 571. The molecule has 2 N–H and O–H groups in total. The smallest absolute Gasteiger partial charge is 0.252 e. The monoisotopic (exact) mass is 230 g/mol. The second kappa shape index (κ2) is 4.37. The van der Waals surface area contributed by atoms with Crippen LogP contribution in [0.3, 0.4) is 0 Å². The number of pyridine rings is 1. The van der Waals surface area contributed by atoms with Crippen LogP contribution in [0.15, 0.2) is 18.8 Å². The van der Waals surface area contributed by atoms with E-state index in [4.69, 9.17) is 0 Å². The molecule has 88 valence electrons. The van der Waals surface area contributed by atoms with Crippen molar-refractivity contribution in [2.75, 3.05) is 0 Å². The van der Waals surface area contributed by atoms with Crippen LogP contribution < -0.4 is 5.32 Å². The lowest BCUT2D eigenvalue weighted by Crippen LogP contribution is -2.30. The molecule has 2 heterocycles. The molecule has 5 nitrogen and oxygen atoms in total. The molecule has 1 amide bonds. The van der Waals surface area contributed by atoms with Crippen molar-refractivity contribution in [3.05, 3.63) is 30.1 Å². The fourth-order valence-corrected chi connectivity index (χ4v) is 1.58. The Hall–Kier alpha value is -2.17. The maximum atomic E-state index is 12.0. The lowest BCUT2D eigenvalue weighted by Gasteiger charge is -2.09. The Morgan fingerprint density at radius 3 is 3.00 bits per heavy atom. The van der Waals surface area contributed by atoms with Crippen molar-refractivity contribution in [3.8, 4) is 0 Å². The molecule has 0 unspecified atom stereocenters. The number of hydrogen-bond donors (Lipinski definition) is 2. The molecule has 0 aliphatic carbocycles. The van der Waals surface area contributed by atoms with E-state index in [-0.39, 0.29) is 11.9 Å². The van der Waals surface area contributed by atoms with E-state index >= 15 is 0 Å². The Balaban J connectivity index is 2.54. The number of rotatable bonds is 3. The molecule has 0 aliphatic rings. The molecule has 2 aromatic heterocycles. The minimum Gasteiger partial charge on any atom is -0.350 e. The molecule has 0 radical (unpaired) electrons. The topological polar surface area (TPSA) is 70.7 Å². The van der Waals surface area contributed by atoms with Gasteiger partial charge >= 0.3 is 0 Å². The van der Waals surface area contributed by atoms with E-state index in [0.717, 1.165) is 0 Å². The standard InChI is InChI=1S/C12H14N4O/c1-4-8-5-9(12(17)14-7(2)3)10-6-13-16-11(10)15-8/h4-7H,1H2,2-3H3,(H,14,17)(H,13,15,16). The molecule has 0 spiro atoms. The third-order valence-corrected chi connectivity index (χ3v) is 2.32. The van der Waals surface area contributed by atoms with Gasteiger partial charge in [0.1, 0.15) is 0 Å². The summed E-state index contributed by atoms with van der Waals surface area (Å²) in [5.74, 6) is -0.128. The average Bonchev–Trinajstić information content (AvgIpc) is 2.74. The maximum absolute atomic E-state index is 12.0. The number of amides is 1. The molecule has 0 atom stereocenters. The van der Waals surface area contributed by atoms with Crippen molar-refractivity contribution in [1.82, 2.24) is 20.5 Å². The van der Waals surface area contributed by atoms with Gasteiger partial charge in [0, 0.05) is 6.04 Å². The van der Waals surface area contributed by atoms with E-state index in [1.165, 1.54) is 0 Å². The molecule has 0 aliphatic heterocycles. The van der Waals surface area contributed by atoms with E-state index < -0.39 is 0 Å². The largest absolute Gasteiger partial charge is 0.350 e. The van der Waals surface area contributed by atoms with Crippen molar-refractivity contribution in [3.63, 3.8) is 0 Å². The number of carbonyl (C=O) groups excluding carboxylic acids is 1. The molecule has 0 bridgehead atoms. The summed E-state index contributed by atoms with van der Waals surface area (Å²) in [6.07, 6.45) is 3.21. The summed E-state index contributed by atoms with van der Waals surface area (Å²) >= 11 is 0. The van der Waals surface area contributed by atoms with Crippen LogP contribution in [0, 0.1) is 0 Å². The van der Waals surface area contributed by atoms with Gasteiger partial charge in [-0.05, 0) is 26.0 Å². The number of hydrogen-bond acceptors (Lipinski definition) is 3. The molecule has 0 saturated heterocycles. The summed E-state index contributed by atoms with van der Waals surface area (Å²) in [4.78, 5) is 16.3. The van der Waals surface area contributed by atoms with E-state index in [9.17, 15) is 4.79 Å². The highest BCUT2D eigenvalue weighted by molar-refractivity contribution is 6.05. The predicted molar refractivity (Wildman–Crippen MR) is 66.6 cm³/mol. The minimum absolute atomic E-state index is 0.0878. The summed E-state index contributed by atoms with van der Waals surface area (Å²) in [5.41, 5.74) is 1.80. The quantitative estimate of drug-likeness (QED) is 0.843. The van der Waals surface area contributed by atoms with Crippen LogP contribution in [0.2, 0.25) is 0 Å². The van der Waals surface area contributed by atoms with Crippen molar-refractivity contribution in [1.29, 1.82) is 0 Å². The highest BCUT2D eigenvalue weighted by Crippen LogP contribution is 2.16. The summed E-state index contributed by atoms with van der Waals surface area (Å²) in [7, 11) is 0. The maximum Gasteiger partial charge on any atom is 0.252 e. The first-order valence-corrected chi connectivity index (χ1v) is 5.39. The Morgan fingerprint density at radius 1 is 1.59 bits per heavy atom. The molecule has 0 saturated carbocycles. The summed E-state index contributed by atoms with van der Waals surface area (Å²) in [5, 5.41) is 10.2. The van der Waals surface area contributed by atoms with Crippen LogP contribution >= 0.6 is 0 Å². The predicted octanol–water partition coefficient (Wildman–Crippen LogP) is 1.74. The molecule has 5 heteroatoms. The van der Waals surface area contributed by atoms with Gasteiger partial charge in [-0.3, -0.25) is 9.89 Å². The molecule has 2 rings (SSSR count). The van der Waals surface area contributed by atoms with Crippen molar-refractivity contribution in [2.24, 2.45) is 0 Å². The second-order valence-corrected chi connectivity index (χ2v) is 4.06. The van der Waals surface area contributed by atoms with Gasteiger partial charge in [-0.25, -0.2) is 4.98 Å². The van der Waals surface area contributed by atoms with Crippen LogP contribution in [0.4, 0.5) is 0 Å². The summed E-state index contributed by atoms with van der Waals surface area (Å²) in [6, 6.07) is 1.80. The summed E-state index contributed by atoms with van der Waals surface area (Å²) < 4.78 is 0. The van der Waals surface area contributed by atoms with Gasteiger partial charge in [-0.15, -0.1) is 0 Å². The fourth-order valence-electron chi connectivity index (χ4n) is 1.58. The van der Waals surface area contributed by atoms with Crippen molar-refractivity contribution in [2.45, 2.75) is 19.9 Å². The van der Waals surface area contributed by atoms with Gasteiger partial charge in [0.2, 0.25) is 0 Å². The van der Waals surface area contributed by atoms with Crippen LogP contribution in [0.25, 0.3) is 17.1 Å². The third kappa shape index (κ3) is 2.18. The first-order chi connectivity index (χ1) is 8.11. The lowest BCUT2D eigenvalue weighted by atomic mass is 10.1. The van der Waals surface area contributed by atoms with Crippen LogP contribution in [0.1, 0.15) is 29.9 Å². The highest BCUT2D eigenvalue weighted by atomic mass is 16.1. The van der Waals surface area contributed by atoms with E-state index in [2.05, 4.69) is 27.1 Å². The molecular weight excluding hydrogens is 216 g/mol. The third-order valence-electron chi connectivity index (χ3n) is 2.32. The van der Waals surface area contributed by atoms with E-state index in [1.54, 1.807) is 18.3 Å². The van der Waals surface area contributed by atoms with Gasteiger partial charge in [0.25, 0.3) is 5.91 Å². The number of H-pyrrole nitrogens is 1. The second-order valence-electron chi connectivity index (χ2n) is 4.06. The van der Waals surface area contributed by atoms with Gasteiger partial charge < -0.3 is 5.32 Å². The number of aromatic nitrogens is 3. The zero-order valence-corrected chi connectivity index (χ0v) is 9.82. The SMILES string of the molecule is C=Cc1cc(C(=O)NC(C)C)c2cn[nH]c2n1. The van der Waals surface area contributed by atoms with Crippen molar-refractivity contribution >= 4 is 23.0 Å². The minimum atomic E-state index is -0.128. The number of aromatic amines is 1. The molecule has 2 aromatic rings. The fraction of sp³-hybridized carbons (Fsp3) is 0.250. The van der Waals surface area contributed by atoms with Crippen LogP contribution in [0.5, 0.6) is 0 Å². The van der Waals surface area contributed by atoms with Crippen LogP contribution in [-0.2, 0) is 0 Å². The Labute approximate surface area is 98.9 Å². The molecule has 0 fully saturated rings. The summed E-state index contributed by atoms with van der Waals surface area (Å²) in [6.45, 7) is 7.49. The number of carbonyl (C=O) groups is 1. The first-order valence-electron chi connectivity index (χ1n) is 5.39. The highest BCUT2D eigenvalue weighted by Gasteiger charge is 2.14. The van der Waals surface area contributed by atoms with Gasteiger partial charge in [-0.2, -0.15) is 5.10 Å². The number of nitrogens with one attached hydrogen (secondary N) is 2. The van der Waals surface area contributed by atoms with Gasteiger partial charge in [0.05, 0.1) is 22.8 Å². The van der Waals surface area contributed by atoms with Crippen LogP contribution in [-0.4, -0.2) is 27.1 Å². The molecular formula is C12H14N4O. The van der Waals surface area contributed by atoms with E-state index in [0.29, 0.717) is 22.3 Å². The normalized spacial score (nSPS) is 10.8. The number of nitrogens with zero attached hydrogens (tertiary/aromatic N) is 2. The van der Waals surface area contributed by atoms with Crippen molar-refractivity contribution < 1.29 is 4.79 Å². The van der Waals surface area contributed by atoms with Gasteiger partial charge in [-0.1, -0.05) is 6.58 Å². The zero-order valence-electron chi connectivity index (χ0n) is 9.82. The zero-order chi connectivity index (χ0) is 12.4. The molecule has 0 aromatic carbocycles.